The van der Waals surface area contributed by atoms with Crippen molar-refractivity contribution in [3.63, 3.8) is 0 Å². The third kappa shape index (κ3) is 7.77. The van der Waals surface area contributed by atoms with Gasteiger partial charge in [0.05, 0.1) is 0 Å². The average molecular weight is 243 g/mol. The van der Waals surface area contributed by atoms with Gasteiger partial charge in [0.15, 0.2) is 0 Å². The van der Waals surface area contributed by atoms with Crippen LogP contribution < -0.4 is 5.32 Å². The Hall–Kier alpha value is -1.06. The van der Waals surface area contributed by atoms with E-state index in [0.29, 0.717) is 12.5 Å². The molecule has 0 aliphatic carbocycles. The van der Waals surface area contributed by atoms with E-state index in [1.165, 1.54) is 0 Å². The van der Waals surface area contributed by atoms with Crippen LogP contribution in [-0.2, 0) is 9.59 Å². The Bertz CT molecular complexity index is 251. The van der Waals surface area contributed by atoms with E-state index >= 15 is 0 Å². The van der Waals surface area contributed by atoms with E-state index < -0.39 is 5.97 Å². The average Bonchev–Trinajstić information content (AvgIpc) is 2.22. The minimum atomic E-state index is -0.798. The highest BCUT2D eigenvalue weighted by Crippen LogP contribution is 2.15. The maximum atomic E-state index is 11.6. The quantitative estimate of drug-likeness (QED) is 0.687. The maximum absolute atomic E-state index is 11.6. The molecule has 0 saturated carbocycles. The Morgan fingerprint density at radius 2 is 1.82 bits per heavy atom. The zero-order valence-electron chi connectivity index (χ0n) is 11.3. The summed E-state index contributed by atoms with van der Waals surface area (Å²) in [5, 5.41) is 11.6. The smallest absolute Gasteiger partial charge is 0.303 e. The molecule has 17 heavy (non-hydrogen) atoms. The second kappa shape index (κ2) is 8.09. The zero-order valence-corrected chi connectivity index (χ0v) is 11.3. The molecule has 1 unspecified atom stereocenters. The number of carboxylic acids is 1. The number of carboxylic acid groups (broad SMARTS) is 1. The molecule has 100 valence electrons. The Morgan fingerprint density at radius 1 is 1.24 bits per heavy atom. The van der Waals surface area contributed by atoms with Crippen molar-refractivity contribution in [1.82, 2.24) is 5.32 Å². The molecule has 2 atom stereocenters. The third-order valence-electron chi connectivity index (χ3n) is 2.89. The summed E-state index contributed by atoms with van der Waals surface area (Å²) in [6.45, 7) is 8.43. The van der Waals surface area contributed by atoms with Gasteiger partial charge in [-0.1, -0.05) is 27.7 Å². The van der Waals surface area contributed by atoms with Crippen molar-refractivity contribution in [1.29, 1.82) is 0 Å². The van der Waals surface area contributed by atoms with Crippen molar-refractivity contribution in [3.05, 3.63) is 0 Å². The van der Waals surface area contributed by atoms with Gasteiger partial charge in [-0.25, -0.2) is 0 Å². The Labute approximate surface area is 104 Å². The summed E-state index contributed by atoms with van der Waals surface area (Å²) in [6, 6.07) is 0. The molecule has 0 fully saturated rings. The Morgan fingerprint density at radius 3 is 2.24 bits per heavy atom. The van der Waals surface area contributed by atoms with E-state index in [1.54, 1.807) is 0 Å². The summed E-state index contributed by atoms with van der Waals surface area (Å²) in [4.78, 5) is 22.3. The SMILES string of the molecule is CCC(C)C(=O)NC[C@H](CC(=O)O)CC(C)C. The standard InChI is InChI=1S/C13H25NO3/c1-5-10(4)13(17)14-8-11(6-9(2)3)7-12(15)16/h9-11H,5-8H2,1-4H3,(H,14,17)(H,15,16)/t10?,11-/m0/s1. The summed E-state index contributed by atoms with van der Waals surface area (Å²) in [5.41, 5.74) is 0. The van der Waals surface area contributed by atoms with Gasteiger partial charge in [0, 0.05) is 18.9 Å². The van der Waals surface area contributed by atoms with Crippen molar-refractivity contribution in [2.45, 2.75) is 47.0 Å². The fourth-order valence-corrected chi connectivity index (χ4v) is 1.76. The number of rotatable bonds is 8. The number of nitrogens with one attached hydrogen (secondary N) is 1. The summed E-state index contributed by atoms with van der Waals surface area (Å²) in [7, 11) is 0. The molecule has 0 saturated heterocycles. The molecule has 0 radical (unpaired) electrons. The van der Waals surface area contributed by atoms with Crippen LogP contribution >= 0.6 is 0 Å². The van der Waals surface area contributed by atoms with Crippen LogP contribution in [0.25, 0.3) is 0 Å². The molecule has 0 aromatic carbocycles. The molecule has 4 heteroatoms. The monoisotopic (exact) mass is 243 g/mol. The van der Waals surface area contributed by atoms with Gasteiger partial charge in [0.25, 0.3) is 0 Å². The van der Waals surface area contributed by atoms with Crippen LogP contribution in [0.3, 0.4) is 0 Å². The first-order valence-electron chi connectivity index (χ1n) is 6.36. The highest BCUT2D eigenvalue weighted by atomic mass is 16.4. The lowest BCUT2D eigenvalue weighted by atomic mass is 9.94. The largest absolute Gasteiger partial charge is 0.481 e. The van der Waals surface area contributed by atoms with E-state index in [0.717, 1.165) is 12.8 Å². The number of hydrogen-bond acceptors (Lipinski definition) is 2. The lowest BCUT2D eigenvalue weighted by molar-refractivity contribution is -0.138. The van der Waals surface area contributed by atoms with Gasteiger partial charge in [0.2, 0.25) is 5.91 Å². The first kappa shape index (κ1) is 15.9. The van der Waals surface area contributed by atoms with Gasteiger partial charge < -0.3 is 10.4 Å². The first-order valence-corrected chi connectivity index (χ1v) is 6.36. The van der Waals surface area contributed by atoms with Crippen LogP contribution in [0.4, 0.5) is 0 Å². The minimum absolute atomic E-state index is 0.000437. The molecule has 4 nitrogen and oxygen atoms in total. The molecule has 0 rings (SSSR count). The van der Waals surface area contributed by atoms with E-state index in [4.69, 9.17) is 5.11 Å². The zero-order chi connectivity index (χ0) is 13.4. The summed E-state index contributed by atoms with van der Waals surface area (Å²) < 4.78 is 0. The van der Waals surface area contributed by atoms with Crippen molar-refractivity contribution in [2.75, 3.05) is 6.54 Å². The summed E-state index contributed by atoms with van der Waals surface area (Å²) in [5.74, 6) is -0.306. The second-order valence-electron chi connectivity index (χ2n) is 5.15. The molecule has 0 spiro atoms. The van der Waals surface area contributed by atoms with Crippen LogP contribution in [0, 0.1) is 17.8 Å². The van der Waals surface area contributed by atoms with Crippen LogP contribution in [0.5, 0.6) is 0 Å². The van der Waals surface area contributed by atoms with Crippen molar-refractivity contribution in [3.8, 4) is 0 Å². The topological polar surface area (TPSA) is 66.4 Å². The van der Waals surface area contributed by atoms with E-state index in [1.807, 2.05) is 13.8 Å². The molecule has 1 amide bonds. The fraction of sp³-hybridized carbons (Fsp3) is 0.846. The number of carbonyl (C=O) groups is 2. The minimum Gasteiger partial charge on any atom is -0.481 e. The summed E-state index contributed by atoms with van der Waals surface area (Å²) in [6.07, 6.45) is 1.76. The molecular weight excluding hydrogens is 218 g/mol. The van der Waals surface area contributed by atoms with Gasteiger partial charge in [0.1, 0.15) is 0 Å². The van der Waals surface area contributed by atoms with Gasteiger partial charge in [-0.3, -0.25) is 9.59 Å². The molecule has 0 aliphatic rings. The molecular formula is C13H25NO3. The maximum Gasteiger partial charge on any atom is 0.303 e. The van der Waals surface area contributed by atoms with Gasteiger partial charge >= 0.3 is 5.97 Å². The first-order chi connectivity index (χ1) is 7.86. The van der Waals surface area contributed by atoms with E-state index in [2.05, 4.69) is 19.2 Å². The van der Waals surface area contributed by atoms with E-state index in [-0.39, 0.29) is 24.2 Å². The van der Waals surface area contributed by atoms with Crippen LogP contribution in [-0.4, -0.2) is 23.5 Å². The van der Waals surface area contributed by atoms with Gasteiger partial charge in [-0.05, 0) is 24.7 Å². The second-order valence-corrected chi connectivity index (χ2v) is 5.15. The number of aliphatic carboxylic acids is 1. The van der Waals surface area contributed by atoms with Crippen molar-refractivity contribution >= 4 is 11.9 Å². The number of carbonyl (C=O) groups excluding carboxylic acids is 1. The van der Waals surface area contributed by atoms with Gasteiger partial charge in [-0.15, -0.1) is 0 Å². The van der Waals surface area contributed by atoms with Crippen LogP contribution in [0.2, 0.25) is 0 Å². The van der Waals surface area contributed by atoms with E-state index in [9.17, 15) is 9.59 Å². The normalized spacial score (nSPS) is 14.4. The van der Waals surface area contributed by atoms with Crippen molar-refractivity contribution in [2.24, 2.45) is 17.8 Å². The fourth-order valence-electron chi connectivity index (χ4n) is 1.76. The molecule has 0 heterocycles. The lowest BCUT2D eigenvalue weighted by Gasteiger charge is -2.19. The number of amides is 1. The lowest BCUT2D eigenvalue weighted by Crippen LogP contribution is -2.34. The van der Waals surface area contributed by atoms with Crippen LogP contribution in [0.15, 0.2) is 0 Å². The molecule has 0 aromatic rings. The number of hydrogen-bond donors (Lipinski definition) is 2. The highest BCUT2D eigenvalue weighted by molar-refractivity contribution is 5.78. The molecule has 0 aliphatic heterocycles. The molecule has 0 bridgehead atoms. The molecule has 2 N–H and O–H groups in total. The van der Waals surface area contributed by atoms with Crippen LogP contribution in [0.1, 0.15) is 47.0 Å². The highest BCUT2D eigenvalue weighted by Gasteiger charge is 2.17. The Kier molecular flexibility index (Phi) is 7.59. The summed E-state index contributed by atoms with van der Waals surface area (Å²) >= 11 is 0. The molecule has 0 aromatic heterocycles. The van der Waals surface area contributed by atoms with Gasteiger partial charge in [-0.2, -0.15) is 0 Å². The third-order valence-corrected chi connectivity index (χ3v) is 2.89. The predicted octanol–water partition coefficient (Wildman–Crippen LogP) is 2.29. The van der Waals surface area contributed by atoms with Crippen molar-refractivity contribution < 1.29 is 14.7 Å². The Balaban J connectivity index is 4.15. The predicted molar refractivity (Wildman–Crippen MR) is 67.7 cm³/mol.